The van der Waals surface area contributed by atoms with Gasteiger partial charge in [-0.15, -0.1) is 11.3 Å². The predicted molar refractivity (Wildman–Crippen MR) is 106 cm³/mol. The number of carbonyl (C=O) groups is 2. The summed E-state index contributed by atoms with van der Waals surface area (Å²) in [6, 6.07) is 12.1. The van der Waals surface area contributed by atoms with E-state index in [9.17, 15) is 9.59 Å². The minimum Gasteiger partial charge on any atom is -0.497 e. The molecule has 3 rings (SSSR count). The zero-order valence-electron chi connectivity index (χ0n) is 14.5. The van der Waals surface area contributed by atoms with Crippen molar-refractivity contribution in [1.82, 2.24) is 5.43 Å². The smallest absolute Gasteiger partial charge is 0.337 e. The summed E-state index contributed by atoms with van der Waals surface area (Å²) in [6.45, 7) is 0. The summed E-state index contributed by atoms with van der Waals surface area (Å²) in [4.78, 5) is 24.1. The molecule has 0 atom stereocenters. The molecule has 0 unspecified atom stereocenters. The third-order valence-corrected chi connectivity index (χ3v) is 5.41. The van der Waals surface area contributed by atoms with Crippen LogP contribution < -0.4 is 10.2 Å². The van der Waals surface area contributed by atoms with Gasteiger partial charge in [0.15, 0.2) is 0 Å². The van der Waals surface area contributed by atoms with E-state index in [4.69, 9.17) is 16.3 Å². The molecular weight excluding hydrogens is 388 g/mol. The van der Waals surface area contributed by atoms with Crippen molar-refractivity contribution in [1.29, 1.82) is 0 Å². The van der Waals surface area contributed by atoms with Gasteiger partial charge in [0, 0.05) is 10.1 Å². The highest BCUT2D eigenvalue weighted by atomic mass is 35.5. The Bertz CT molecular complexity index is 1030. The van der Waals surface area contributed by atoms with E-state index in [1.165, 1.54) is 24.7 Å². The number of hydrazone groups is 1. The number of fused-ring (bicyclic) bond motifs is 1. The maximum absolute atomic E-state index is 12.4. The number of methoxy groups -OCH3 is 2. The fourth-order valence-corrected chi connectivity index (χ4v) is 3.79. The lowest BCUT2D eigenvalue weighted by molar-refractivity contribution is 0.0600. The number of halogens is 1. The van der Waals surface area contributed by atoms with Crippen LogP contribution in [-0.4, -0.2) is 32.3 Å². The lowest BCUT2D eigenvalue weighted by Gasteiger charge is -2.00. The number of hydrogen-bond acceptors (Lipinski definition) is 6. The first-order valence-corrected chi connectivity index (χ1v) is 9.00. The Balaban J connectivity index is 1.72. The molecule has 138 valence electrons. The van der Waals surface area contributed by atoms with Gasteiger partial charge in [0.2, 0.25) is 0 Å². The largest absolute Gasteiger partial charge is 0.497 e. The molecule has 1 N–H and O–H groups in total. The van der Waals surface area contributed by atoms with Crippen molar-refractivity contribution in [2.75, 3.05) is 14.2 Å². The Kier molecular flexibility index (Phi) is 5.73. The van der Waals surface area contributed by atoms with Gasteiger partial charge in [-0.05, 0) is 35.9 Å². The maximum atomic E-state index is 12.4. The van der Waals surface area contributed by atoms with Crippen molar-refractivity contribution in [2.45, 2.75) is 0 Å². The number of ether oxygens (including phenoxy) is 2. The van der Waals surface area contributed by atoms with Gasteiger partial charge in [0.25, 0.3) is 5.91 Å². The third kappa shape index (κ3) is 4.10. The second-order valence-corrected chi connectivity index (χ2v) is 6.85. The molecule has 0 saturated carbocycles. The second-order valence-electron chi connectivity index (χ2n) is 5.42. The van der Waals surface area contributed by atoms with Crippen LogP contribution in [0.15, 0.2) is 47.6 Å². The molecular formula is C19H15ClN2O4S. The van der Waals surface area contributed by atoms with Crippen molar-refractivity contribution < 1.29 is 19.1 Å². The average Bonchev–Trinajstić information content (AvgIpc) is 3.03. The van der Waals surface area contributed by atoms with Crippen LogP contribution in [0, 0.1) is 0 Å². The zero-order chi connectivity index (χ0) is 19.4. The SMILES string of the molecule is COC(=O)c1ccc(/C=N/NC(=O)c2sc3cc(OC)ccc3c2Cl)cc1. The average molecular weight is 403 g/mol. The summed E-state index contributed by atoms with van der Waals surface area (Å²) in [7, 11) is 2.90. The highest BCUT2D eigenvalue weighted by Crippen LogP contribution is 2.37. The van der Waals surface area contributed by atoms with E-state index in [1.54, 1.807) is 37.4 Å². The monoisotopic (exact) mass is 402 g/mol. The number of carbonyl (C=O) groups excluding carboxylic acids is 2. The topological polar surface area (TPSA) is 77.0 Å². The van der Waals surface area contributed by atoms with Crippen LogP contribution in [0.1, 0.15) is 25.6 Å². The standard InChI is InChI=1S/C19H15ClN2O4S/c1-25-13-7-8-14-15(9-13)27-17(16(14)20)18(23)22-21-10-11-3-5-12(6-4-11)19(24)26-2/h3-10H,1-2H3,(H,22,23)/b21-10+. The van der Waals surface area contributed by atoms with E-state index < -0.39 is 11.9 Å². The van der Waals surface area contributed by atoms with E-state index in [-0.39, 0.29) is 0 Å². The molecule has 6 nitrogen and oxygen atoms in total. The molecule has 0 radical (unpaired) electrons. The van der Waals surface area contributed by atoms with E-state index >= 15 is 0 Å². The van der Waals surface area contributed by atoms with Gasteiger partial charge >= 0.3 is 5.97 Å². The molecule has 3 aromatic rings. The van der Waals surface area contributed by atoms with Gasteiger partial charge in [-0.1, -0.05) is 23.7 Å². The molecule has 8 heteroatoms. The molecule has 0 saturated heterocycles. The summed E-state index contributed by atoms with van der Waals surface area (Å²) in [5, 5.41) is 5.11. The van der Waals surface area contributed by atoms with Crippen molar-refractivity contribution in [2.24, 2.45) is 5.10 Å². The first-order valence-electron chi connectivity index (χ1n) is 7.81. The molecule has 0 aliphatic rings. The van der Waals surface area contributed by atoms with Crippen LogP contribution in [0.25, 0.3) is 10.1 Å². The number of thiophene rings is 1. The van der Waals surface area contributed by atoms with Gasteiger partial charge in [-0.25, -0.2) is 10.2 Å². The molecule has 1 heterocycles. The van der Waals surface area contributed by atoms with Crippen LogP contribution in [0.5, 0.6) is 5.75 Å². The Hall–Kier alpha value is -2.90. The lowest BCUT2D eigenvalue weighted by atomic mass is 10.1. The van der Waals surface area contributed by atoms with E-state index in [2.05, 4.69) is 15.3 Å². The van der Waals surface area contributed by atoms with Crippen LogP contribution >= 0.6 is 22.9 Å². The van der Waals surface area contributed by atoms with Crippen molar-refractivity contribution >= 4 is 51.1 Å². The molecule has 0 aliphatic carbocycles. The fraction of sp³-hybridized carbons (Fsp3) is 0.105. The minimum absolute atomic E-state index is 0.373. The number of rotatable bonds is 5. The van der Waals surface area contributed by atoms with E-state index in [0.717, 1.165) is 15.6 Å². The zero-order valence-corrected chi connectivity index (χ0v) is 16.1. The van der Waals surface area contributed by atoms with Gasteiger partial charge < -0.3 is 9.47 Å². The van der Waals surface area contributed by atoms with Crippen LogP contribution in [0.2, 0.25) is 5.02 Å². The third-order valence-electron chi connectivity index (χ3n) is 3.75. The van der Waals surface area contributed by atoms with Crippen LogP contribution in [0.3, 0.4) is 0 Å². The highest BCUT2D eigenvalue weighted by molar-refractivity contribution is 7.21. The summed E-state index contributed by atoms with van der Waals surface area (Å²) < 4.78 is 10.7. The second kappa shape index (κ2) is 8.20. The number of hydrogen-bond donors (Lipinski definition) is 1. The van der Waals surface area contributed by atoms with Gasteiger partial charge in [-0.3, -0.25) is 4.79 Å². The fourth-order valence-electron chi connectivity index (χ4n) is 2.36. The maximum Gasteiger partial charge on any atom is 0.337 e. The predicted octanol–water partition coefficient (Wildman–Crippen LogP) is 4.11. The number of amides is 1. The number of nitrogens with zero attached hydrogens (tertiary/aromatic N) is 1. The molecule has 0 aliphatic heterocycles. The summed E-state index contributed by atoms with van der Waals surface area (Å²) in [5.74, 6) is -0.119. The first-order chi connectivity index (χ1) is 13.0. The number of benzene rings is 2. The van der Waals surface area contributed by atoms with Crippen molar-refractivity contribution in [3.8, 4) is 5.75 Å². The Morgan fingerprint density at radius 1 is 1.15 bits per heavy atom. The first kappa shape index (κ1) is 18.9. The summed E-state index contributed by atoms with van der Waals surface area (Å²) in [6.07, 6.45) is 1.48. The van der Waals surface area contributed by atoms with E-state index in [0.29, 0.717) is 21.2 Å². The molecule has 27 heavy (non-hydrogen) atoms. The molecule has 1 aromatic heterocycles. The highest BCUT2D eigenvalue weighted by Gasteiger charge is 2.17. The molecule has 2 aromatic carbocycles. The van der Waals surface area contributed by atoms with Gasteiger partial charge in [-0.2, -0.15) is 5.10 Å². The Morgan fingerprint density at radius 3 is 2.56 bits per heavy atom. The summed E-state index contributed by atoms with van der Waals surface area (Å²) >= 11 is 7.58. The molecule has 0 fully saturated rings. The molecule has 0 bridgehead atoms. The minimum atomic E-state index is -0.414. The molecule has 0 spiro atoms. The van der Waals surface area contributed by atoms with Crippen molar-refractivity contribution in [3.05, 3.63) is 63.5 Å². The van der Waals surface area contributed by atoms with Crippen molar-refractivity contribution in [3.63, 3.8) is 0 Å². The van der Waals surface area contributed by atoms with Crippen LogP contribution in [-0.2, 0) is 4.74 Å². The normalized spacial score (nSPS) is 10.9. The van der Waals surface area contributed by atoms with E-state index in [1.807, 2.05) is 12.1 Å². The quantitative estimate of drug-likeness (QED) is 0.395. The summed E-state index contributed by atoms with van der Waals surface area (Å²) in [5.41, 5.74) is 3.61. The number of esters is 1. The van der Waals surface area contributed by atoms with Gasteiger partial charge in [0.05, 0.1) is 31.0 Å². The Labute approximate surface area is 164 Å². The molecule has 1 amide bonds. The van der Waals surface area contributed by atoms with Crippen LogP contribution in [0.4, 0.5) is 0 Å². The Morgan fingerprint density at radius 2 is 1.89 bits per heavy atom. The lowest BCUT2D eigenvalue weighted by Crippen LogP contribution is -2.16. The van der Waals surface area contributed by atoms with Gasteiger partial charge in [0.1, 0.15) is 10.6 Å². The number of nitrogens with one attached hydrogen (secondary N) is 1.